The van der Waals surface area contributed by atoms with E-state index in [1.165, 1.54) is 22.2 Å². The van der Waals surface area contributed by atoms with Gasteiger partial charge in [-0.1, -0.05) is 18.7 Å². The molecule has 3 heterocycles. The largest absolute Gasteiger partial charge is 0.497 e. The van der Waals surface area contributed by atoms with Gasteiger partial charge in [0.1, 0.15) is 5.75 Å². The third kappa shape index (κ3) is 3.79. The second kappa shape index (κ2) is 8.36. The molecule has 4 rings (SSSR count). The third-order valence-electron chi connectivity index (χ3n) is 4.96. The van der Waals surface area contributed by atoms with Crippen LogP contribution in [0.25, 0.3) is 11.4 Å². The Hall–Kier alpha value is -2.32. The van der Waals surface area contributed by atoms with E-state index in [2.05, 4.69) is 33.6 Å². The summed E-state index contributed by atoms with van der Waals surface area (Å²) in [5, 5.41) is 9.90. The number of H-pyrrole nitrogens is 1. The lowest BCUT2D eigenvalue weighted by atomic mass is 9.98. The summed E-state index contributed by atoms with van der Waals surface area (Å²) in [6.07, 6.45) is 1.88. The highest BCUT2D eigenvalue weighted by molar-refractivity contribution is 7.99. The van der Waals surface area contributed by atoms with Crippen molar-refractivity contribution in [2.24, 2.45) is 0 Å². The summed E-state index contributed by atoms with van der Waals surface area (Å²) in [7, 11) is 1.64. The van der Waals surface area contributed by atoms with E-state index in [9.17, 15) is 4.79 Å². The molecule has 8 heteroatoms. The fourth-order valence-electron chi connectivity index (χ4n) is 3.53. The van der Waals surface area contributed by atoms with Gasteiger partial charge in [0.05, 0.1) is 18.9 Å². The Morgan fingerprint density at radius 3 is 2.93 bits per heavy atom. The average Bonchev–Trinajstić information content (AvgIpc) is 3.40. The molecule has 1 aliphatic rings. The summed E-state index contributed by atoms with van der Waals surface area (Å²) in [6.45, 7) is 2.93. The first kappa shape index (κ1) is 19.0. The van der Waals surface area contributed by atoms with Crippen molar-refractivity contribution in [3.63, 3.8) is 0 Å². The first-order valence-electron chi connectivity index (χ1n) is 9.25. The number of carbonyl (C=O) groups is 1. The van der Waals surface area contributed by atoms with E-state index in [0.717, 1.165) is 30.7 Å². The van der Waals surface area contributed by atoms with Crippen molar-refractivity contribution in [1.82, 2.24) is 20.1 Å². The highest BCUT2D eigenvalue weighted by Gasteiger charge is 2.30. The number of hydrogen-bond acceptors (Lipinski definition) is 6. The number of amides is 1. The van der Waals surface area contributed by atoms with Crippen molar-refractivity contribution in [3.8, 4) is 17.1 Å². The molecule has 1 amide bonds. The maximum Gasteiger partial charge on any atom is 0.233 e. The molecule has 146 valence electrons. The fraction of sp³-hybridized carbons (Fsp3) is 0.350. The van der Waals surface area contributed by atoms with Crippen LogP contribution in [0, 0.1) is 0 Å². The van der Waals surface area contributed by atoms with E-state index in [1.807, 2.05) is 29.2 Å². The zero-order chi connectivity index (χ0) is 19.5. The molecule has 1 aliphatic heterocycles. The van der Waals surface area contributed by atoms with Crippen molar-refractivity contribution in [1.29, 1.82) is 0 Å². The monoisotopic (exact) mass is 414 g/mol. The van der Waals surface area contributed by atoms with Crippen molar-refractivity contribution in [2.45, 2.75) is 31.0 Å². The molecule has 1 aromatic carbocycles. The number of hydrogen-bond donors (Lipinski definition) is 1. The molecule has 0 fully saturated rings. The summed E-state index contributed by atoms with van der Waals surface area (Å²) in [6, 6.07) is 9.97. The summed E-state index contributed by atoms with van der Waals surface area (Å²) in [5.74, 6) is 1.97. The molecule has 1 N–H and O–H groups in total. The van der Waals surface area contributed by atoms with Gasteiger partial charge in [0.2, 0.25) is 11.1 Å². The average molecular weight is 415 g/mol. The number of nitrogens with zero attached hydrogens (tertiary/aromatic N) is 3. The Morgan fingerprint density at radius 2 is 2.18 bits per heavy atom. The summed E-state index contributed by atoms with van der Waals surface area (Å²) in [5.41, 5.74) is 2.25. The molecule has 0 bridgehead atoms. The maximum atomic E-state index is 12.8. The number of aromatic nitrogens is 3. The van der Waals surface area contributed by atoms with E-state index in [-0.39, 0.29) is 11.9 Å². The van der Waals surface area contributed by atoms with Gasteiger partial charge in [-0.3, -0.25) is 9.89 Å². The standard InChI is InChI=1S/C20H22N4O2S2/c1-3-16-15-9-11-27-17(15)8-10-24(16)18(25)12-28-20-21-19(22-23-20)13-4-6-14(26-2)7-5-13/h4-7,9,11,16H,3,8,10,12H2,1-2H3,(H,21,22,23). The first-order chi connectivity index (χ1) is 13.7. The number of thiophene rings is 1. The van der Waals surface area contributed by atoms with E-state index in [1.54, 1.807) is 18.4 Å². The van der Waals surface area contributed by atoms with Gasteiger partial charge in [-0.05, 0) is 54.1 Å². The predicted molar refractivity (Wildman–Crippen MR) is 112 cm³/mol. The molecule has 0 aliphatic carbocycles. The highest BCUT2D eigenvalue weighted by Crippen LogP contribution is 2.35. The third-order valence-corrected chi connectivity index (χ3v) is 6.78. The molecule has 1 unspecified atom stereocenters. The van der Waals surface area contributed by atoms with Gasteiger partial charge in [-0.25, -0.2) is 4.98 Å². The Balaban J connectivity index is 1.39. The molecule has 0 spiro atoms. The van der Waals surface area contributed by atoms with Gasteiger partial charge in [0.25, 0.3) is 0 Å². The van der Waals surface area contributed by atoms with Crippen LogP contribution in [0.2, 0.25) is 0 Å². The first-order valence-corrected chi connectivity index (χ1v) is 11.1. The number of ether oxygens (including phenoxy) is 1. The van der Waals surface area contributed by atoms with Crippen LogP contribution in [0.15, 0.2) is 40.9 Å². The molecule has 0 radical (unpaired) electrons. The van der Waals surface area contributed by atoms with Gasteiger partial charge < -0.3 is 9.64 Å². The normalized spacial score (nSPS) is 16.1. The van der Waals surface area contributed by atoms with Gasteiger partial charge in [-0.2, -0.15) is 0 Å². The van der Waals surface area contributed by atoms with Crippen molar-refractivity contribution >= 4 is 29.0 Å². The zero-order valence-corrected chi connectivity index (χ0v) is 17.5. The second-order valence-corrected chi connectivity index (χ2v) is 8.49. The maximum absolute atomic E-state index is 12.8. The molecule has 0 saturated carbocycles. The molecule has 6 nitrogen and oxygen atoms in total. The lowest BCUT2D eigenvalue weighted by Crippen LogP contribution is -2.40. The number of rotatable bonds is 6. The minimum Gasteiger partial charge on any atom is -0.497 e. The smallest absolute Gasteiger partial charge is 0.233 e. The lowest BCUT2D eigenvalue weighted by Gasteiger charge is -2.35. The van der Waals surface area contributed by atoms with Crippen molar-refractivity contribution < 1.29 is 9.53 Å². The van der Waals surface area contributed by atoms with Crippen LogP contribution in [0.1, 0.15) is 29.8 Å². The summed E-state index contributed by atoms with van der Waals surface area (Å²) < 4.78 is 5.18. The Labute approximate surface area is 172 Å². The number of fused-ring (bicyclic) bond motifs is 1. The molecular weight excluding hydrogens is 392 g/mol. The molecule has 28 heavy (non-hydrogen) atoms. The predicted octanol–water partition coefficient (Wildman–Crippen LogP) is 4.17. The van der Waals surface area contributed by atoms with E-state index >= 15 is 0 Å². The van der Waals surface area contributed by atoms with Crippen LogP contribution in [0.3, 0.4) is 0 Å². The Bertz CT molecular complexity index is 951. The number of benzene rings is 1. The number of nitrogens with one attached hydrogen (secondary N) is 1. The van der Waals surface area contributed by atoms with Gasteiger partial charge in [-0.15, -0.1) is 16.4 Å². The summed E-state index contributed by atoms with van der Waals surface area (Å²) in [4.78, 5) is 20.8. The van der Waals surface area contributed by atoms with Crippen molar-refractivity contribution in [3.05, 3.63) is 46.2 Å². The van der Waals surface area contributed by atoms with E-state index in [0.29, 0.717) is 16.7 Å². The molecule has 1 atom stereocenters. The van der Waals surface area contributed by atoms with E-state index in [4.69, 9.17) is 4.74 Å². The van der Waals surface area contributed by atoms with Gasteiger partial charge >= 0.3 is 0 Å². The second-order valence-electron chi connectivity index (χ2n) is 6.54. The fourth-order valence-corrected chi connectivity index (χ4v) is 5.15. The quantitative estimate of drug-likeness (QED) is 0.613. The Kier molecular flexibility index (Phi) is 5.68. The minimum atomic E-state index is 0.143. The summed E-state index contributed by atoms with van der Waals surface area (Å²) >= 11 is 3.17. The number of aromatic amines is 1. The van der Waals surface area contributed by atoms with Crippen LogP contribution in [-0.2, 0) is 11.2 Å². The van der Waals surface area contributed by atoms with E-state index < -0.39 is 0 Å². The van der Waals surface area contributed by atoms with Crippen LogP contribution in [0.4, 0.5) is 0 Å². The van der Waals surface area contributed by atoms with Crippen LogP contribution < -0.4 is 4.74 Å². The molecule has 0 saturated heterocycles. The number of methoxy groups -OCH3 is 1. The topological polar surface area (TPSA) is 71.1 Å². The molecule has 3 aromatic rings. The molecular formula is C20H22N4O2S2. The minimum absolute atomic E-state index is 0.143. The number of carbonyl (C=O) groups excluding carboxylic acids is 1. The Morgan fingerprint density at radius 1 is 1.36 bits per heavy atom. The number of thioether (sulfide) groups is 1. The van der Waals surface area contributed by atoms with Gasteiger partial charge in [0, 0.05) is 17.0 Å². The van der Waals surface area contributed by atoms with Crippen LogP contribution in [-0.4, -0.2) is 45.4 Å². The SMILES string of the molecule is CCC1c2ccsc2CCN1C(=O)CSc1n[nH]c(-c2ccc(OC)cc2)n1. The van der Waals surface area contributed by atoms with Crippen LogP contribution >= 0.6 is 23.1 Å². The zero-order valence-electron chi connectivity index (χ0n) is 15.8. The molecule has 2 aromatic heterocycles. The highest BCUT2D eigenvalue weighted by atomic mass is 32.2. The lowest BCUT2D eigenvalue weighted by molar-refractivity contribution is -0.131. The van der Waals surface area contributed by atoms with Crippen molar-refractivity contribution in [2.75, 3.05) is 19.4 Å². The van der Waals surface area contributed by atoms with Crippen LogP contribution in [0.5, 0.6) is 5.75 Å². The van der Waals surface area contributed by atoms with Gasteiger partial charge in [0.15, 0.2) is 5.82 Å².